The molecule has 0 bridgehead atoms. The molecule has 1 unspecified atom stereocenters. The summed E-state index contributed by atoms with van der Waals surface area (Å²) in [7, 11) is 0. The highest BCUT2D eigenvalue weighted by Crippen LogP contribution is 2.41. The number of alkyl halides is 3. The Bertz CT molecular complexity index is 1160. The Labute approximate surface area is 189 Å². The molecule has 0 spiro atoms. The molecule has 5 nitrogen and oxygen atoms in total. The second kappa shape index (κ2) is 8.09. The molecule has 8 heteroatoms. The largest absolute Gasteiger partial charge is 0.490 e. The molecule has 1 saturated heterocycles. The van der Waals surface area contributed by atoms with Gasteiger partial charge in [0.25, 0.3) is 5.91 Å². The van der Waals surface area contributed by atoms with Crippen molar-refractivity contribution in [3.05, 3.63) is 59.8 Å². The second-order valence-electron chi connectivity index (χ2n) is 9.07. The normalized spacial score (nSPS) is 25.1. The maximum absolute atomic E-state index is 12.8. The van der Waals surface area contributed by atoms with E-state index in [9.17, 15) is 18.0 Å². The zero-order chi connectivity index (χ0) is 23.2. The number of nitrogens with one attached hydrogen (secondary N) is 2. The number of carbonyl (C=O) groups is 1. The molecule has 1 saturated carbocycles. The van der Waals surface area contributed by atoms with Crippen molar-refractivity contribution < 1.29 is 27.4 Å². The number of aromatic amines is 1. The summed E-state index contributed by atoms with van der Waals surface area (Å²) >= 11 is 0. The lowest BCUT2D eigenvalue weighted by atomic mass is 9.77. The van der Waals surface area contributed by atoms with E-state index >= 15 is 0 Å². The van der Waals surface area contributed by atoms with Crippen LogP contribution >= 0.6 is 0 Å². The van der Waals surface area contributed by atoms with E-state index in [-0.39, 0.29) is 17.9 Å². The van der Waals surface area contributed by atoms with Crippen molar-refractivity contribution in [2.24, 2.45) is 0 Å². The zero-order valence-corrected chi connectivity index (χ0v) is 18.2. The minimum atomic E-state index is -4.32. The summed E-state index contributed by atoms with van der Waals surface area (Å²) < 4.78 is 50.0. The lowest BCUT2D eigenvalue weighted by molar-refractivity contribution is -0.137. The van der Waals surface area contributed by atoms with E-state index in [1.165, 1.54) is 0 Å². The molecule has 1 aliphatic carbocycles. The van der Waals surface area contributed by atoms with Crippen LogP contribution in [0.1, 0.15) is 49.7 Å². The number of aromatic nitrogens is 1. The number of H-pyrrole nitrogens is 1. The number of benzene rings is 2. The molecule has 5 rings (SSSR count). The number of hydrogen-bond donors (Lipinski definition) is 2. The van der Waals surface area contributed by atoms with E-state index in [0.29, 0.717) is 24.5 Å². The molecular weight excluding hydrogens is 433 g/mol. The van der Waals surface area contributed by atoms with Crippen molar-refractivity contribution in [1.29, 1.82) is 0 Å². The first-order valence-corrected chi connectivity index (χ1v) is 11.1. The molecule has 2 fully saturated rings. The van der Waals surface area contributed by atoms with Crippen LogP contribution in [-0.4, -0.2) is 29.2 Å². The number of carbonyl (C=O) groups excluding carboxylic acids is 1. The molecule has 1 atom stereocenters. The molecule has 33 heavy (non-hydrogen) atoms. The van der Waals surface area contributed by atoms with Crippen LogP contribution in [0.4, 0.5) is 18.9 Å². The second-order valence-corrected chi connectivity index (χ2v) is 9.07. The zero-order valence-electron chi connectivity index (χ0n) is 18.2. The van der Waals surface area contributed by atoms with Crippen LogP contribution in [0.25, 0.3) is 10.9 Å². The van der Waals surface area contributed by atoms with E-state index in [1.54, 1.807) is 18.3 Å². The van der Waals surface area contributed by atoms with E-state index in [1.807, 2.05) is 25.1 Å². The van der Waals surface area contributed by atoms with Crippen molar-refractivity contribution in [2.75, 3.05) is 11.9 Å². The Balaban J connectivity index is 1.22. The topological polar surface area (TPSA) is 63.4 Å². The smallest absolute Gasteiger partial charge is 0.416 e. The van der Waals surface area contributed by atoms with Gasteiger partial charge in [-0.25, -0.2) is 0 Å². The minimum absolute atomic E-state index is 0.00229. The van der Waals surface area contributed by atoms with Crippen molar-refractivity contribution in [2.45, 2.75) is 56.4 Å². The summed E-state index contributed by atoms with van der Waals surface area (Å²) in [5, 5.41) is 3.82. The van der Waals surface area contributed by atoms with Crippen LogP contribution in [0.2, 0.25) is 0 Å². The first-order valence-electron chi connectivity index (χ1n) is 11.1. The average Bonchev–Trinajstić information content (AvgIpc) is 3.37. The molecule has 2 heterocycles. The molecule has 3 aromatic rings. The van der Waals surface area contributed by atoms with Crippen LogP contribution in [0.3, 0.4) is 0 Å². The third-order valence-corrected chi connectivity index (χ3v) is 6.71. The molecule has 1 amide bonds. The fraction of sp³-hybridized carbons (Fsp3) is 0.400. The van der Waals surface area contributed by atoms with Crippen LogP contribution in [0, 0.1) is 0 Å². The van der Waals surface area contributed by atoms with E-state index in [2.05, 4.69) is 10.3 Å². The first-order chi connectivity index (χ1) is 15.7. The van der Waals surface area contributed by atoms with Gasteiger partial charge < -0.3 is 19.8 Å². The number of ether oxygens (including phenoxy) is 2. The number of amides is 1. The van der Waals surface area contributed by atoms with Gasteiger partial charge in [0.15, 0.2) is 0 Å². The molecule has 1 aliphatic heterocycles. The highest BCUT2D eigenvalue weighted by Gasteiger charge is 2.38. The number of anilines is 1. The fourth-order valence-corrected chi connectivity index (χ4v) is 4.56. The van der Waals surface area contributed by atoms with Crippen molar-refractivity contribution in [3.8, 4) is 5.75 Å². The summed E-state index contributed by atoms with van der Waals surface area (Å²) in [6.07, 6.45) is 0.487. The van der Waals surface area contributed by atoms with Crippen molar-refractivity contribution >= 4 is 22.5 Å². The van der Waals surface area contributed by atoms with Gasteiger partial charge in [-0.1, -0.05) is 12.1 Å². The van der Waals surface area contributed by atoms with Crippen LogP contribution < -0.4 is 10.1 Å². The molecular formula is C25H25F3N2O3. The van der Waals surface area contributed by atoms with Gasteiger partial charge in [0, 0.05) is 23.7 Å². The number of rotatable bonds is 5. The Kier molecular flexibility index (Phi) is 5.35. The molecule has 2 aliphatic rings. The van der Waals surface area contributed by atoms with Crippen LogP contribution in [0.5, 0.6) is 5.75 Å². The lowest BCUT2D eigenvalue weighted by Crippen LogP contribution is -2.39. The lowest BCUT2D eigenvalue weighted by Gasteiger charge is -2.35. The summed E-state index contributed by atoms with van der Waals surface area (Å²) in [5.41, 5.74) is 1.02. The van der Waals surface area contributed by atoms with Gasteiger partial charge in [-0.2, -0.15) is 13.2 Å². The molecule has 2 N–H and O–H groups in total. The standard InChI is InChI=1S/C25H25F3N2O3/c1-24(9-2-10-32-24)23(31)30-22-14-29-21-8-7-18(13-20(21)22)33-19-11-16(12-19)15-3-5-17(6-4-15)25(26,27)28/h3-8,13-14,16,19,29H,2,9-12H2,1H3,(H,30,31)/t16-,19+,24?. The maximum Gasteiger partial charge on any atom is 0.416 e. The molecule has 174 valence electrons. The third kappa shape index (κ3) is 4.31. The molecule has 0 radical (unpaired) electrons. The van der Waals surface area contributed by atoms with E-state index in [4.69, 9.17) is 9.47 Å². The molecule has 1 aromatic heterocycles. The van der Waals surface area contributed by atoms with Crippen molar-refractivity contribution in [3.63, 3.8) is 0 Å². The predicted octanol–water partition coefficient (Wildman–Crippen LogP) is 6.02. The Hall–Kier alpha value is -3.00. The highest BCUT2D eigenvalue weighted by atomic mass is 19.4. The Morgan fingerprint density at radius 3 is 2.61 bits per heavy atom. The summed E-state index contributed by atoms with van der Waals surface area (Å²) in [6, 6.07) is 11.0. The summed E-state index contributed by atoms with van der Waals surface area (Å²) in [6.45, 7) is 2.40. The van der Waals surface area contributed by atoms with Gasteiger partial charge in [-0.05, 0) is 74.4 Å². The van der Waals surface area contributed by atoms with Gasteiger partial charge in [0.05, 0.1) is 17.4 Å². The van der Waals surface area contributed by atoms with Gasteiger partial charge >= 0.3 is 6.18 Å². The minimum Gasteiger partial charge on any atom is -0.490 e. The van der Waals surface area contributed by atoms with Crippen LogP contribution in [0.15, 0.2) is 48.7 Å². The Morgan fingerprint density at radius 2 is 1.94 bits per heavy atom. The monoisotopic (exact) mass is 458 g/mol. The maximum atomic E-state index is 12.8. The fourth-order valence-electron chi connectivity index (χ4n) is 4.56. The van der Waals surface area contributed by atoms with E-state index < -0.39 is 17.3 Å². The average molecular weight is 458 g/mol. The summed E-state index contributed by atoms with van der Waals surface area (Å²) in [4.78, 5) is 15.9. The van der Waals surface area contributed by atoms with Gasteiger partial charge in [-0.15, -0.1) is 0 Å². The highest BCUT2D eigenvalue weighted by molar-refractivity contribution is 6.04. The first kappa shape index (κ1) is 21.8. The quantitative estimate of drug-likeness (QED) is 0.492. The Morgan fingerprint density at radius 1 is 1.18 bits per heavy atom. The molecule has 2 aromatic carbocycles. The number of halogens is 3. The SMILES string of the molecule is CC1(C(=O)Nc2c[nH]c3ccc(O[C@H]4C[C@@H](c5ccc(C(F)(F)F)cc5)C4)cc23)CCCO1. The van der Waals surface area contributed by atoms with E-state index in [0.717, 1.165) is 47.9 Å². The van der Waals surface area contributed by atoms with Gasteiger partial charge in [0.1, 0.15) is 11.4 Å². The van der Waals surface area contributed by atoms with Gasteiger partial charge in [0.2, 0.25) is 0 Å². The third-order valence-electron chi connectivity index (χ3n) is 6.71. The van der Waals surface area contributed by atoms with Crippen molar-refractivity contribution in [1.82, 2.24) is 4.98 Å². The van der Waals surface area contributed by atoms with Gasteiger partial charge in [-0.3, -0.25) is 4.79 Å². The predicted molar refractivity (Wildman–Crippen MR) is 118 cm³/mol. The summed E-state index contributed by atoms with van der Waals surface area (Å²) in [5.74, 6) is 0.720. The van der Waals surface area contributed by atoms with Crippen LogP contribution in [-0.2, 0) is 15.7 Å². The number of hydrogen-bond acceptors (Lipinski definition) is 3. The number of fused-ring (bicyclic) bond motifs is 1.